The van der Waals surface area contributed by atoms with Crippen LogP contribution in [0.2, 0.25) is 0 Å². The van der Waals surface area contributed by atoms with Crippen LogP contribution in [0.1, 0.15) is 40.1 Å². The summed E-state index contributed by atoms with van der Waals surface area (Å²) >= 11 is 0. The molecule has 0 unspecified atom stereocenters. The molecule has 1 saturated heterocycles. The van der Waals surface area contributed by atoms with Crippen LogP contribution < -0.4 is 20.1 Å². The molecular weight excluding hydrogens is 404 g/mol. The van der Waals surface area contributed by atoms with Crippen molar-refractivity contribution in [3.63, 3.8) is 0 Å². The standard InChI is InChI=1S/C21H24N4O6/c26-11-19-15(25-21(28)16-10-22-7-8-23-16)3-2-14(31-19)5-6-24-20(27)13-1-4-17-18(9-13)30-12-29-17/h1,4,7-10,14-15,19,26H,2-3,5-6,11-12H2,(H,24,27)(H,25,28)/t14-,15+,19-/m0/s1. The van der Waals surface area contributed by atoms with Crippen LogP contribution in [0.4, 0.5) is 0 Å². The predicted octanol–water partition coefficient (Wildman–Crippen LogP) is 0.664. The number of aliphatic hydroxyl groups is 1. The Morgan fingerprint density at radius 1 is 1.13 bits per heavy atom. The number of ether oxygens (including phenoxy) is 3. The Morgan fingerprint density at radius 3 is 2.81 bits per heavy atom. The molecular formula is C21H24N4O6. The van der Waals surface area contributed by atoms with Gasteiger partial charge in [0, 0.05) is 24.5 Å². The molecule has 31 heavy (non-hydrogen) atoms. The van der Waals surface area contributed by atoms with Crippen molar-refractivity contribution in [1.29, 1.82) is 0 Å². The third-order valence-electron chi connectivity index (χ3n) is 5.29. The normalized spacial score (nSPS) is 22.0. The summed E-state index contributed by atoms with van der Waals surface area (Å²) < 4.78 is 16.5. The molecule has 10 heteroatoms. The van der Waals surface area contributed by atoms with Crippen LogP contribution in [0.25, 0.3) is 0 Å². The predicted molar refractivity (Wildman–Crippen MR) is 108 cm³/mol. The minimum Gasteiger partial charge on any atom is -0.454 e. The number of hydrogen-bond donors (Lipinski definition) is 3. The molecule has 3 N–H and O–H groups in total. The van der Waals surface area contributed by atoms with E-state index in [1.54, 1.807) is 18.2 Å². The molecule has 3 heterocycles. The summed E-state index contributed by atoms with van der Waals surface area (Å²) in [5, 5.41) is 15.4. The average Bonchev–Trinajstić information content (AvgIpc) is 3.28. The lowest BCUT2D eigenvalue weighted by Gasteiger charge is -2.36. The Labute approximate surface area is 178 Å². The molecule has 4 rings (SSSR count). The fraction of sp³-hybridized carbons (Fsp3) is 0.429. The lowest BCUT2D eigenvalue weighted by Crippen LogP contribution is -2.51. The van der Waals surface area contributed by atoms with Crippen LogP contribution in [-0.4, -0.2) is 65.1 Å². The van der Waals surface area contributed by atoms with Crippen molar-refractivity contribution in [2.45, 2.75) is 37.5 Å². The molecule has 1 aromatic heterocycles. The number of carbonyl (C=O) groups is 2. The lowest BCUT2D eigenvalue weighted by molar-refractivity contribution is -0.0893. The number of nitrogens with one attached hydrogen (secondary N) is 2. The zero-order chi connectivity index (χ0) is 21.6. The zero-order valence-electron chi connectivity index (χ0n) is 16.8. The van der Waals surface area contributed by atoms with Gasteiger partial charge in [0.1, 0.15) is 11.8 Å². The maximum Gasteiger partial charge on any atom is 0.271 e. The van der Waals surface area contributed by atoms with Gasteiger partial charge in [-0.2, -0.15) is 0 Å². The highest BCUT2D eigenvalue weighted by molar-refractivity contribution is 5.95. The number of rotatable bonds is 7. The first-order chi connectivity index (χ1) is 15.1. The van der Waals surface area contributed by atoms with Gasteiger partial charge in [0.25, 0.3) is 11.8 Å². The van der Waals surface area contributed by atoms with Crippen molar-refractivity contribution >= 4 is 11.8 Å². The van der Waals surface area contributed by atoms with Gasteiger partial charge in [0.05, 0.1) is 24.9 Å². The third-order valence-corrected chi connectivity index (χ3v) is 5.29. The van der Waals surface area contributed by atoms with Crippen LogP contribution in [-0.2, 0) is 4.74 Å². The summed E-state index contributed by atoms with van der Waals surface area (Å²) in [7, 11) is 0. The fourth-order valence-corrected chi connectivity index (χ4v) is 3.65. The van der Waals surface area contributed by atoms with Crippen molar-refractivity contribution in [3.05, 3.63) is 48.0 Å². The van der Waals surface area contributed by atoms with Gasteiger partial charge < -0.3 is 30.0 Å². The molecule has 0 radical (unpaired) electrons. The number of nitrogens with zero attached hydrogens (tertiary/aromatic N) is 2. The SMILES string of the molecule is O=C(NCC[C@@H]1CC[C@@H](NC(=O)c2cnccn2)[C@H](CO)O1)c1ccc2c(c1)OCO2. The molecule has 1 aromatic carbocycles. The summed E-state index contributed by atoms with van der Waals surface area (Å²) in [5.41, 5.74) is 0.710. The molecule has 2 amide bonds. The van der Waals surface area contributed by atoms with E-state index in [1.165, 1.54) is 18.6 Å². The van der Waals surface area contributed by atoms with E-state index in [9.17, 15) is 14.7 Å². The minimum absolute atomic E-state index is 0.126. The van der Waals surface area contributed by atoms with Gasteiger partial charge in [-0.25, -0.2) is 4.98 Å². The number of aromatic nitrogens is 2. The van der Waals surface area contributed by atoms with Crippen LogP contribution in [0.5, 0.6) is 11.5 Å². The van der Waals surface area contributed by atoms with E-state index in [0.29, 0.717) is 42.9 Å². The van der Waals surface area contributed by atoms with E-state index in [0.717, 1.165) is 0 Å². The molecule has 0 bridgehead atoms. The fourth-order valence-electron chi connectivity index (χ4n) is 3.65. The Bertz CT molecular complexity index is 925. The number of fused-ring (bicyclic) bond motifs is 1. The van der Waals surface area contributed by atoms with E-state index < -0.39 is 6.10 Å². The van der Waals surface area contributed by atoms with Crippen LogP contribution in [0.3, 0.4) is 0 Å². The Kier molecular flexibility index (Phi) is 6.58. The van der Waals surface area contributed by atoms with E-state index >= 15 is 0 Å². The summed E-state index contributed by atoms with van der Waals surface area (Å²) in [5.74, 6) is 0.628. The molecule has 0 spiro atoms. The van der Waals surface area contributed by atoms with Gasteiger partial charge >= 0.3 is 0 Å². The zero-order valence-corrected chi connectivity index (χ0v) is 16.8. The summed E-state index contributed by atoms with van der Waals surface area (Å²) in [6.07, 6.45) is 5.62. The minimum atomic E-state index is -0.524. The second-order valence-corrected chi connectivity index (χ2v) is 7.34. The first kappa shape index (κ1) is 21.0. The van der Waals surface area contributed by atoms with Crippen LogP contribution in [0, 0.1) is 0 Å². The molecule has 164 valence electrons. The molecule has 3 atom stereocenters. The van der Waals surface area contributed by atoms with Crippen LogP contribution >= 0.6 is 0 Å². The van der Waals surface area contributed by atoms with Gasteiger partial charge in [0.2, 0.25) is 6.79 Å². The highest BCUT2D eigenvalue weighted by Gasteiger charge is 2.32. The number of benzene rings is 1. The first-order valence-electron chi connectivity index (χ1n) is 10.1. The summed E-state index contributed by atoms with van der Waals surface area (Å²) in [6, 6.07) is 4.73. The van der Waals surface area contributed by atoms with Crippen molar-refractivity contribution in [2.75, 3.05) is 19.9 Å². The topological polar surface area (TPSA) is 132 Å². The Hall–Kier alpha value is -3.24. The van der Waals surface area contributed by atoms with E-state index in [1.807, 2.05) is 0 Å². The van der Waals surface area contributed by atoms with E-state index in [4.69, 9.17) is 14.2 Å². The lowest BCUT2D eigenvalue weighted by atomic mass is 9.97. The van der Waals surface area contributed by atoms with Gasteiger partial charge in [-0.1, -0.05) is 0 Å². The Balaban J connectivity index is 1.23. The molecule has 0 saturated carbocycles. The smallest absolute Gasteiger partial charge is 0.271 e. The molecule has 10 nitrogen and oxygen atoms in total. The second kappa shape index (κ2) is 9.71. The number of aliphatic hydroxyl groups excluding tert-OH is 1. The maximum atomic E-state index is 12.4. The van der Waals surface area contributed by atoms with Crippen molar-refractivity contribution < 1.29 is 28.9 Å². The maximum absolute atomic E-state index is 12.4. The third kappa shape index (κ3) is 5.09. The van der Waals surface area contributed by atoms with Crippen LogP contribution in [0.15, 0.2) is 36.8 Å². The van der Waals surface area contributed by atoms with Gasteiger partial charge in [0.15, 0.2) is 11.5 Å². The highest BCUT2D eigenvalue weighted by atomic mass is 16.7. The van der Waals surface area contributed by atoms with Gasteiger partial charge in [-0.05, 0) is 37.5 Å². The van der Waals surface area contributed by atoms with Crippen molar-refractivity contribution in [3.8, 4) is 11.5 Å². The highest BCUT2D eigenvalue weighted by Crippen LogP contribution is 2.32. The average molecular weight is 428 g/mol. The molecule has 0 aliphatic carbocycles. The Morgan fingerprint density at radius 2 is 2.00 bits per heavy atom. The van der Waals surface area contributed by atoms with Crippen molar-refractivity contribution in [2.24, 2.45) is 0 Å². The summed E-state index contributed by atoms with van der Waals surface area (Å²) in [4.78, 5) is 32.5. The molecule has 2 aliphatic heterocycles. The van der Waals surface area contributed by atoms with Gasteiger partial charge in [-0.3, -0.25) is 14.6 Å². The number of hydrogen-bond acceptors (Lipinski definition) is 8. The van der Waals surface area contributed by atoms with Gasteiger partial charge in [-0.15, -0.1) is 0 Å². The molecule has 2 aromatic rings. The van der Waals surface area contributed by atoms with E-state index in [-0.39, 0.29) is 43.1 Å². The quantitative estimate of drug-likeness (QED) is 0.586. The molecule has 2 aliphatic rings. The monoisotopic (exact) mass is 428 g/mol. The second-order valence-electron chi connectivity index (χ2n) is 7.34. The number of amides is 2. The number of carbonyl (C=O) groups excluding carboxylic acids is 2. The largest absolute Gasteiger partial charge is 0.454 e. The summed E-state index contributed by atoms with van der Waals surface area (Å²) in [6.45, 7) is 0.365. The van der Waals surface area contributed by atoms with Crippen molar-refractivity contribution in [1.82, 2.24) is 20.6 Å². The molecule has 1 fully saturated rings. The van der Waals surface area contributed by atoms with E-state index in [2.05, 4.69) is 20.6 Å². The first-order valence-corrected chi connectivity index (χ1v) is 10.1.